The molecule has 2 aromatic heterocycles. The van der Waals surface area contributed by atoms with Gasteiger partial charge in [0.2, 0.25) is 5.91 Å². The summed E-state index contributed by atoms with van der Waals surface area (Å²) in [6, 6.07) is 15.6. The van der Waals surface area contributed by atoms with E-state index in [1.807, 2.05) is 70.4 Å². The van der Waals surface area contributed by atoms with Crippen molar-refractivity contribution in [3.8, 4) is 11.8 Å². The largest absolute Gasteiger partial charge is 0.486 e. The Morgan fingerprint density at radius 3 is 2.67 bits per heavy atom. The maximum atomic E-state index is 12.6. The van der Waals surface area contributed by atoms with Gasteiger partial charge in [-0.2, -0.15) is 5.26 Å². The third-order valence-corrected chi connectivity index (χ3v) is 6.92. The van der Waals surface area contributed by atoms with Gasteiger partial charge in [0.05, 0.1) is 26.9 Å². The standard InChI is InChI=1S/C30H31BrN6O2/c1-19-7-5-11-33-27(19)18-39-28-10-9-22(14-24(28)31)35-30-21(16-32)17-34-26-13-20(2)25(15-23(26)30)36-29(38)8-6-12-37(3)4/h5,7,9-11,13-15,17H,6,8,12,18H2,1-4H3,(H,34,35)(H,36,38). The number of aromatic nitrogens is 2. The Bertz CT molecular complexity index is 1550. The first kappa shape index (κ1) is 28.0. The van der Waals surface area contributed by atoms with Gasteiger partial charge >= 0.3 is 0 Å². The molecule has 1 amide bonds. The molecule has 0 saturated heterocycles. The lowest BCUT2D eigenvalue weighted by Crippen LogP contribution is -2.17. The molecular formula is C30H31BrN6O2. The number of aryl methyl sites for hydroxylation is 2. The molecule has 4 aromatic rings. The molecule has 9 heteroatoms. The van der Waals surface area contributed by atoms with E-state index in [2.05, 4.69) is 47.5 Å². The molecule has 0 fully saturated rings. The van der Waals surface area contributed by atoms with Gasteiger partial charge in [0.15, 0.2) is 0 Å². The number of fused-ring (bicyclic) bond motifs is 1. The predicted molar refractivity (Wildman–Crippen MR) is 158 cm³/mol. The van der Waals surface area contributed by atoms with Gasteiger partial charge in [0.1, 0.15) is 18.4 Å². The number of nitrogens with one attached hydrogen (secondary N) is 2. The van der Waals surface area contributed by atoms with Gasteiger partial charge in [-0.15, -0.1) is 0 Å². The molecule has 0 aliphatic carbocycles. The lowest BCUT2D eigenvalue weighted by Gasteiger charge is -2.16. The SMILES string of the molecule is Cc1cc2ncc(C#N)c(Nc3ccc(OCc4ncccc4C)c(Br)c3)c2cc1NC(=O)CCCN(C)C. The lowest BCUT2D eigenvalue weighted by molar-refractivity contribution is -0.116. The smallest absolute Gasteiger partial charge is 0.224 e. The number of anilines is 3. The fraction of sp³-hybridized carbons (Fsp3) is 0.267. The van der Waals surface area contributed by atoms with Crippen LogP contribution in [0.4, 0.5) is 17.1 Å². The van der Waals surface area contributed by atoms with Crippen LogP contribution in [0.3, 0.4) is 0 Å². The zero-order valence-corrected chi connectivity index (χ0v) is 24.1. The Hall–Kier alpha value is -4.00. The van der Waals surface area contributed by atoms with E-state index in [0.29, 0.717) is 35.7 Å². The van der Waals surface area contributed by atoms with E-state index in [-0.39, 0.29) is 5.91 Å². The van der Waals surface area contributed by atoms with Gasteiger partial charge < -0.3 is 20.3 Å². The van der Waals surface area contributed by atoms with Gasteiger partial charge in [-0.25, -0.2) is 0 Å². The van der Waals surface area contributed by atoms with Crippen LogP contribution in [0.1, 0.15) is 35.2 Å². The van der Waals surface area contributed by atoms with E-state index in [4.69, 9.17) is 4.74 Å². The number of carbonyl (C=O) groups excluding carboxylic acids is 1. The third-order valence-electron chi connectivity index (χ3n) is 6.30. The number of nitriles is 1. The van der Waals surface area contributed by atoms with Crippen LogP contribution in [0.2, 0.25) is 0 Å². The van der Waals surface area contributed by atoms with Crippen LogP contribution in [-0.4, -0.2) is 41.4 Å². The van der Waals surface area contributed by atoms with Crippen LogP contribution in [0.25, 0.3) is 10.9 Å². The van der Waals surface area contributed by atoms with Crippen molar-refractivity contribution in [1.29, 1.82) is 5.26 Å². The molecular weight excluding hydrogens is 556 g/mol. The molecule has 0 bridgehead atoms. The first-order valence-electron chi connectivity index (χ1n) is 12.6. The number of ether oxygens (including phenoxy) is 1. The van der Waals surface area contributed by atoms with Gasteiger partial charge in [-0.1, -0.05) is 6.07 Å². The van der Waals surface area contributed by atoms with E-state index >= 15 is 0 Å². The molecule has 0 aliphatic rings. The van der Waals surface area contributed by atoms with Crippen molar-refractivity contribution in [1.82, 2.24) is 14.9 Å². The van der Waals surface area contributed by atoms with E-state index < -0.39 is 0 Å². The van der Waals surface area contributed by atoms with E-state index in [1.54, 1.807) is 12.4 Å². The Labute approximate surface area is 237 Å². The number of carbonyl (C=O) groups is 1. The average molecular weight is 588 g/mol. The van der Waals surface area contributed by atoms with E-state index in [0.717, 1.165) is 50.8 Å². The Morgan fingerprint density at radius 1 is 1.13 bits per heavy atom. The molecule has 8 nitrogen and oxygen atoms in total. The second kappa shape index (κ2) is 12.7. The number of benzene rings is 2. The van der Waals surface area contributed by atoms with Crippen molar-refractivity contribution in [2.45, 2.75) is 33.3 Å². The van der Waals surface area contributed by atoms with Crippen LogP contribution >= 0.6 is 15.9 Å². The average Bonchev–Trinajstić information content (AvgIpc) is 2.89. The zero-order valence-electron chi connectivity index (χ0n) is 22.5. The normalized spacial score (nSPS) is 10.9. The summed E-state index contributed by atoms with van der Waals surface area (Å²) < 4.78 is 6.75. The molecule has 2 heterocycles. The maximum Gasteiger partial charge on any atom is 0.224 e. The summed E-state index contributed by atoms with van der Waals surface area (Å²) in [7, 11) is 3.98. The summed E-state index contributed by atoms with van der Waals surface area (Å²) in [5.74, 6) is 0.638. The number of rotatable bonds is 10. The fourth-order valence-electron chi connectivity index (χ4n) is 4.12. The summed E-state index contributed by atoms with van der Waals surface area (Å²) >= 11 is 3.60. The highest BCUT2D eigenvalue weighted by molar-refractivity contribution is 9.10. The Kier molecular flexibility index (Phi) is 9.12. The fourth-order valence-corrected chi connectivity index (χ4v) is 4.61. The Balaban J connectivity index is 1.58. The third kappa shape index (κ3) is 7.11. The molecule has 0 radical (unpaired) electrons. The molecule has 39 heavy (non-hydrogen) atoms. The summed E-state index contributed by atoms with van der Waals surface area (Å²) in [5, 5.41) is 17.0. The molecule has 0 saturated carbocycles. The van der Waals surface area contributed by atoms with Crippen LogP contribution < -0.4 is 15.4 Å². The Morgan fingerprint density at radius 2 is 1.95 bits per heavy atom. The van der Waals surface area contributed by atoms with Crippen LogP contribution in [0, 0.1) is 25.2 Å². The highest BCUT2D eigenvalue weighted by Gasteiger charge is 2.14. The highest BCUT2D eigenvalue weighted by atomic mass is 79.9. The number of hydrogen-bond acceptors (Lipinski definition) is 7. The van der Waals surface area contributed by atoms with Crippen LogP contribution in [0.5, 0.6) is 5.75 Å². The van der Waals surface area contributed by atoms with E-state index in [9.17, 15) is 10.1 Å². The number of amides is 1. The number of halogens is 1. The number of hydrogen-bond donors (Lipinski definition) is 2. The molecule has 200 valence electrons. The van der Waals surface area contributed by atoms with Crippen molar-refractivity contribution in [2.75, 3.05) is 31.3 Å². The second-order valence-corrected chi connectivity index (χ2v) is 10.5. The predicted octanol–water partition coefficient (Wildman–Crippen LogP) is 6.48. The molecule has 0 spiro atoms. The van der Waals surface area contributed by atoms with Gasteiger partial charge in [-0.05, 0) is 104 Å². The summed E-state index contributed by atoms with van der Waals surface area (Å²) in [4.78, 5) is 23.5. The first-order chi connectivity index (χ1) is 18.7. The highest BCUT2D eigenvalue weighted by Crippen LogP contribution is 2.35. The molecule has 0 unspecified atom stereocenters. The minimum absolute atomic E-state index is 0.0429. The number of pyridine rings is 2. The van der Waals surface area contributed by atoms with E-state index in [1.165, 1.54) is 0 Å². The minimum Gasteiger partial charge on any atom is -0.486 e. The molecule has 0 aliphatic heterocycles. The van der Waals surface area contributed by atoms with Gasteiger partial charge in [-0.3, -0.25) is 14.8 Å². The minimum atomic E-state index is -0.0429. The van der Waals surface area contributed by atoms with Gasteiger partial charge in [0.25, 0.3) is 0 Å². The topological polar surface area (TPSA) is 103 Å². The molecule has 0 atom stereocenters. The van der Waals surface area contributed by atoms with Gasteiger partial charge in [0, 0.05) is 35.6 Å². The second-order valence-electron chi connectivity index (χ2n) is 9.62. The molecule has 2 N–H and O–H groups in total. The summed E-state index contributed by atoms with van der Waals surface area (Å²) in [5.41, 5.74) is 6.06. The van der Waals surface area contributed by atoms with Crippen molar-refractivity contribution in [3.63, 3.8) is 0 Å². The quantitative estimate of drug-likeness (QED) is 0.219. The zero-order chi connectivity index (χ0) is 27.9. The lowest BCUT2D eigenvalue weighted by atomic mass is 10.0. The summed E-state index contributed by atoms with van der Waals surface area (Å²) in [6.45, 7) is 5.14. The summed E-state index contributed by atoms with van der Waals surface area (Å²) in [6.07, 6.45) is 4.52. The monoisotopic (exact) mass is 586 g/mol. The number of nitrogens with zero attached hydrogens (tertiary/aromatic N) is 4. The van der Waals surface area contributed by atoms with Crippen molar-refractivity contribution >= 4 is 49.8 Å². The van der Waals surface area contributed by atoms with Crippen molar-refractivity contribution in [3.05, 3.63) is 81.7 Å². The maximum absolute atomic E-state index is 12.6. The van der Waals surface area contributed by atoms with Crippen molar-refractivity contribution in [2.24, 2.45) is 0 Å². The van der Waals surface area contributed by atoms with Crippen LogP contribution in [-0.2, 0) is 11.4 Å². The molecule has 4 rings (SSSR count). The van der Waals surface area contributed by atoms with Crippen LogP contribution in [0.15, 0.2) is 59.3 Å². The molecule has 2 aromatic carbocycles. The first-order valence-corrected chi connectivity index (χ1v) is 13.4. The van der Waals surface area contributed by atoms with Crippen molar-refractivity contribution < 1.29 is 9.53 Å².